The highest BCUT2D eigenvalue weighted by molar-refractivity contribution is 5.98. The first-order chi connectivity index (χ1) is 18.7. The van der Waals surface area contributed by atoms with Crippen molar-refractivity contribution >= 4 is 40.8 Å². The molecule has 2 N–H and O–H groups in total. The molecule has 0 unspecified atom stereocenters. The number of hydrazine groups is 1. The van der Waals surface area contributed by atoms with Crippen molar-refractivity contribution in [1.82, 2.24) is 30.4 Å². The SMILES string of the molecule is CCNCCN(C(=O)CNCC(=O)N(C)N1Cc2cccc(F)c2C1)c1cc2cnn(CC(F)F)c2cc1C.Cl. The van der Waals surface area contributed by atoms with Crippen LogP contribution in [0.2, 0.25) is 0 Å². The molecule has 218 valence electrons. The van der Waals surface area contributed by atoms with Gasteiger partial charge in [-0.1, -0.05) is 19.1 Å². The van der Waals surface area contributed by atoms with Crippen molar-refractivity contribution in [2.75, 3.05) is 44.7 Å². The van der Waals surface area contributed by atoms with Gasteiger partial charge in [0, 0.05) is 49.9 Å². The lowest BCUT2D eigenvalue weighted by Crippen LogP contribution is -2.47. The summed E-state index contributed by atoms with van der Waals surface area (Å²) in [6.45, 7) is 5.55. The van der Waals surface area contributed by atoms with Crippen LogP contribution in [0.4, 0.5) is 18.9 Å². The number of alkyl halides is 2. The third-order valence-electron chi connectivity index (χ3n) is 6.87. The lowest BCUT2D eigenvalue weighted by Gasteiger charge is -2.28. The molecule has 0 saturated carbocycles. The number of aryl methyl sites for hydroxylation is 1. The largest absolute Gasteiger partial charge is 0.315 e. The van der Waals surface area contributed by atoms with E-state index < -0.39 is 13.0 Å². The van der Waals surface area contributed by atoms with Crippen molar-refractivity contribution in [2.24, 2.45) is 0 Å². The van der Waals surface area contributed by atoms with Crippen LogP contribution in [0.1, 0.15) is 23.6 Å². The molecule has 40 heavy (non-hydrogen) atoms. The zero-order valence-electron chi connectivity index (χ0n) is 22.8. The number of aromatic nitrogens is 2. The van der Waals surface area contributed by atoms with E-state index in [9.17, 15) is 22.8 Å². The zero-order chi connectivity index (χ0) is 28.1. The summed E-state index contributed by atoms with van der Waals surface area (Å²) in [4.78, 5) is 27.7. The van der Waals surface area contributed by atoms with Crippen molar-refractivity contribution in [2.45, 2.75) is 39.9 Å². The summed E-state index contributed by atoms with van der Waals surface area (Å²) in [5, 5.41) is 14.1. The van der Waals surface area contributed by atoms with Crippen LogP contribution in [0.25, 0.3) is 10.9 Å². The van der Waals surface area contributed by atoms with Crippen molar-refractivity contribution in [3.8, 4) is 0 Å². The molecule has 0 radical (unpaired) electrons. The van der Waals surface area contributed by atoms with E-state index in [-0.39, 0.29) is 43.1 Å². The maximum Gasteiger partial charge on any atom is 0.257 e. The number of nitrogens with zero attached hydrogens (tertiary/aromatic N) is 5. The second kappa shape index (κ2) is 13.9. The fraction of sp³-hybridized carbons (Fsp3) is 0.444. The van der Waals surface area contributed by atoms with Gasteiger partial charge >= 0.3 is 0 Å². The minimum Gasteiger partial charge on any atom is -0.315 e. The van der Waals surface area contributed by atoms with E-state index in [4.69, 9.17) is 0 Å². The van der Waals surface area contributed by atoms with Crippen LogP contribution in [0.15, 0.2) is 36.5 Å². The normalized spacial score (nSPS) is 13.0. The molecular formula is C27H35ClF3N7O2. The molecule has 1 aliphatic heterocycles. The van der Waals surface area contributed by atoms with E-state index in [1.165, 1.54) is 22.0 Å². The van der Waals surface area contributed by atoms with Gasteiger partial charge in [0.15, 0.2) is 0 Å². The number of fused-ring (bicyclic) bond motifs is 2. The molecular weight excluding hydrogens is 547 g/mol. The molecule has 9 nitrogen and oxygen atoms in total. The number of amides is 2. The van der Waals surface area contributed by atoms with E-state index >= 15 is 0 Å². The summed E-state index contributed by atoms with van der Waals surface area (Å²) in [6.07, 6.45) is -1.01. The number of hydrogen-bond acceptors (Lipinski definition) is 6. The molecule has 0 bridgehead atoms. The van der Waals surface area contributed by atoms with Gasteiger partial charge in [-0.25, -0.2) is 18.2 Å². The van der Waals surface area contributed by atoms with Crippen LogP contribution < -0.4 is 15.5 Å². The Kier molecular flexibility index (Phi) is 10.9. The summed E-state index contributed by atoms with van der Waals surface area (Å²) in [5.41, 5.74) is 3.42. The molecule has 0 aliphatic carbocycles. The number of nitrogens with one attached hydrogen (secondary N) is 2. The Morgan fingerprint density at radius 2 is 1.88 bits per heavy atom. The minimum atomic E-state index is -2.53. The summed E-state index contributed by atoms with van der Waals surface area (Å²) in [6, 6.07) is 8.46. The standard InChI is InChI=1S/C27H34F3N7O2.ClH/c1-4-31-8-9-36(23-11-20-12-33-37(17-25(29)30)24(20)10-18(23)2)27(39)14-32-13-26(38)34(3)35-15-19-6-5-7-22(28)21(19)16-35;/h5-7,10-12,25,31-32H,4,8-9,13-17H2,1-3H3;1H. The molecule has 2 heterocycles. The predicted molar refractivity (Wildman–Crippen MR) is 150 cm³/mol. The topological polar surface area (TPSA) is 85.7 Å². The fourth-order valence-electron chi connectivity index (χ4n) is 4.75. The zero-order valence-corrected chi connectivity index (χ0v) is 23.6. The van der Waals surface area contributed by atoms with Crippen LogP contribution in [-0.2, 0) is 29.2 Å². The molecule has 0 saturated heterocycles. The monoisotopic (exact) mass is 581 g/mol. The summed E-state index contributed by atoms with van der Waals surface area (Å²) in [5.74, 6) is -0.771. The van der Waals surface area contributed by atoms with Gasteiger partial charge in [0.2, 0.25) is 5.91 Å². The lowest BCUT2D eigenvalue weighted by molar-refractivity contribution is -0.145. The maximum atomic E-state index is 14.1. The molecule has 2 amide bonds. The smallest absolute Gasteiger partial charge is 0.257 e. The van der Waals surface area contributed by atoms with Gasteiger partial charge in [-0.15, -0.1) is 12.4 Å². The minimum absolute atomic E-state index is 0. The van der Waals surface area contributed by atoms with E-state index in [0.717, 1.165) is 17.7 Å². The Morgan fingerprint density at radius 3 is 2.58 bits per heavy atom. The predicted octanol–water partition coefficient (Wildman–Crippen LogP) is 3.09. The molecule has 1 aliphatic rings. The molecule has 4 rings (SSSR count). The molecule has 0 fully saturated rings. The van der Waals surface area contributed by atoms with Gasteiger partial charge in [-0.3, -0.25) is 24.6 Å². The molecule has 0 spiro atoms. The van der Waals surface area contributed by atoms with Crippen LogP contribution >= 0.6 is 12.4 Å². The highest BCUT2D eigenvalue weighted by atomic mass is 35.5. The van der Waals surface area contributed by atoms with E-state index in [0.29, 0.717) is 48.3 Å². The van der Waals surface area contributed by atoms with Crippen molar-refractivity contribution in [3.05, 3.63) is 59.0 Å². The molecule has 3 aromatic rings. The van der Waals surface area contributed by atoms with Gasteiger partial charge < -0.3 is 10.2 Å². The second-order valence-electron chi connectivity index (χ2n) is 9.54. The average molecular weight is 582 g/mol. The summed E-state index contributed by atoms with van der Waals surface area (Å²) < 4.78 is 41.2. The highest BCUT2D eigenvalue weighted by Crippen LogP contribution is 2.28. The number of likely N-dealkylation sites (N-methyl/N-ethyl adjacent to an activating group) is 2. The highest BCUT2D eigenvalue weighted by Gasteiger charge is 2.27. The van der Waals surface area contributed by atoms with Gasteiger partial charge in [-0.05, 0) is 42.8 Å². The number of halogens is 4. The Morgan fingerprint density at radius 1 is 1.12 bits per heavy atom. The Hall–Kier alpha value is -3.19. The van der Waals surface area contributed by atoms with Crippen molar-refractivity contribution in [1.29, 1.82) is 0 Å². The maximum absolute atomic E-state index is 14.1. The second-order valence-corrected chi connectivity index (χ2v) is 9.54. The number of carbonyl (C=O) groups excluding carboxylic acids is 2. The summed E-state index contributed by atoms with van der Waals surface area (Å²) >= 11 is 0. The van der Waals surface area contributed by atoms with Gasteiger partial charge in [0.05, 0.1) is 24.8 Å². The van der Waals surface area contributed by atoms with Crippen LogP contribution in [0, 0.1) is 12.7 Å². The lowest BCUT2D eigenvalue weighted by atomic mass is 10.1. The van der Waals surface area contributed by atoms with E-state index in [1.807, 2.05) is 19.9 Å². The quantitative estimate of drug-likeness (QED) is 0.320. The van der Waals surface area contributed by atoms with Gasteiger partial charge in [0.1, 0.15) is 12.4 Å². The third-order valence-corrected chi connectivity index (χ3v) is 6.87. The Labute approximate surface area is 237 Å². The average Bonchev–Trinajstić information content (AvgIpc) is 3.50. The molecule has 1 aromatic heterocycles. The first kappa shape index (κ1) is 31.3. The van der Waals surface area contributed by atoms with Gasteiger partial charge in [-0.2, -0.15) is 5.10 Å². The van der Waals surface area contributed by atoms with Crippen LogP contribution in [0.3, 0.4) is 0 Å². The van der Waals surface area contributed by atoms with Gasteiger partial charge in [0.25, 0.3) is 12.3 Å². The van der Waals surface area contributed by atoms with Crippen LogP contribution in [-0.4, -0.2) is 77.8 Å². The van der Waals surface area contributed by atoms with E-state index in [1.54, 1.807) is 35.2 Å². The van der Waals surface area contributed by atoms with Crippen molar-refractivity contribution in [3.63, 3.8) is 0 Å². The summed E-state index contributed by atoms with van der Waals surface area (Å²) in [7, 11) is 1.63. The fourth-order valence-corrected chi connectivity index (χ4v) is 4.75. The Balaban J connectivity index is 0.00000441. The first-order valence-corrected chi connectivity index (χ1v) is 12.9. The van der Waals surface area contributed by atoms with Crippen molar-refractivity contribution < 1.29 is 22.8 Å². The molecule has 0 atom stereocenters. The molecule has 2 aromatic carbocycles. The van der Waals surface area contributed by atoms with Crippen LogP contribution in [0.5, 0.6) is 0 Å². The number of carbonyl (C=O) groups is 2. The molecule has 13 heteroatoms. The number of benzene rings is 2. The Bertz CT molecular complexity index is 1340. The number of hydrogen-bond donors (Lipinski definition) is 2. The number of anilines is 1. The first-order valence-electron chi connectivity index (χ1n) is 12.9. The number of rotatable bonds is 12. The van der Waals surface area contributed by atoms with E-state index in [2.05, 4.69) is 15.7 Å². The third kappa shape index (κ3) is 7.11.